The maximum atomic E-state index is 5.85. The summed E-state index contributed by atoms with van der Waals surface area (Å²) < 4.78 is 12.0. The monoisotopic (exact) mass is 411 g/mol. The molecule has 2 saturated heterocycles. The van der Waals surface area contributed by atoms with E-state index in [1.54, 1.807) is 30.6 Å². The molecule has 0 aliphatic carbocycles. The Bertz CT molecular complexity index is 971. The Balaban J connectivity index is 1.29. The highest BCUT2D eigenvalue weighted by Gasteiger charge is 2.29. The van der Waals surface area contributed by atoms with Gasteiger partial charge >= 0.3 is 0 Å². The summed E-state index contributed by atoms with van der Waals surface area (Å²) in [6.07, 6.45) is 5.32. The predicted octanol–water partition coefficient (Wildman–Crippen LogP) is 3.95. The van der Waals surface area contributed by atoms with Gasteiger partial charge in [-0.3, -0.25) is 4.90 Å². The van der Waals surface area contributed by atoms with Crippen LogP contribution in [0.15, 0.2) is 30.3 Å². The zero-order valence-electron chi connectivity index (χ0n) is 16.6. The molecule has 3 aromatic rings. The van der Waals surface area contributed by atoms with Crippen molar-refractivity contribution in [2.24, 2.45) is 0 Å². The molecule has 1 atom stereocenters. The van der Waals surface area contributed by atoms with Gasteiger partial charge in [0.05, 0.1) is 17.3 Å². The third-order valence-electron chi connectivity index (χ3n) is 5.74. The van der Waals surface area contributed by atoms with E-state index in [9.17, 15) is 0 Å². The van der Waals surface area contributed by atoms with E-state index in [0.29, 0.717) is 17.8 Å². The maximum Gasteiger partial charge on any atom is 0.239 e. The van der Waals surface area contributed by atoms with Crippen LogP contribution in [0.25, 0.3) is 10.2 Å². The highest BCUT2D eigenvalue weighted by Crippen LogP contribution is 2.34. The summed E-state index contributed by atoms with van der Waals surface area (Å²) in [5.41, 5.74) is 1.01. The molecule has 0 radical (unpaired) electrons. The molecular weight excluding hydrogens is 386 g/mol. The first-order chi connectivity index (χ1) is 14.3. The molecule has 0 bridgehead atoms. The van der Waals surface area contributed by atoms with Gasteiger partial charge in [0.15, 0.2) is 5.13 Å². The Labute approximate surface area is 174 Å². The molecule has 7 nitrogen and oxygen atoms in total. The second-order valence-electron chi connectivity index (χ2n) is 7.63. The lowest BCUT2D eigenvalue weighted by Crippen LogP contribution is -2.40. The SMILES string of the molecule is COc1ccc(Oc2ccc3nc(N4CC[C@@H](N5CCCCC5)C4)sc3c2)nn1. The number of anilines is 1. The Hall–Kier alpha value is -2.45. The van der Waals surface area contributed by atoms with Crippen molar-refractivity contribution in [1.29, 1.82) is 0 Å². The van der Waals surface area contributed by atoms with Gasteiger partial charge in [-0.2, -0.15) is 0 Å². The van der Waals surface area contributed by atoms with Crippen LogP contribution in [0.1, 0.15) is 25.7 Å². The van der Waals surface area contributed by atoms with Gasteiger partial charge in [0.1, 0.15) is 5.75 Å². The molecule has 0 N–H and O–H groups in total. The zero-order valence-corrected chi connectivity index (χ0v) is 17.4. The largest absolute Gasteiger partial charge is 0.480 e. The van der Waals surface area contributed by atoms with Crippen LogP contribution in [0.2, 0.25) is 0 Å². The summed E-state index contributed by atoms with van der Waals surface area (Å²) in [7, 11) is 1.56. The van der Waals surface area contributed by atoms with Gasteiger partial charge < -0.3 is 14.4 Å². The number of hydrogen-bond acceptors (Lipinski definition) is 8. The summed E-state index contributed by atoms with van der Waals surface area (Å²) in [5, 5.41) is 9.08. The minimum Gasteiger partial charge on any atom is -0.480 e. The first kappa shape index (κ1) is 18.6. The van der Waals surface area contributed by atoms with Crippen LogP contribution < -0.4 is 14.4 Å². The van der Waals surface area contributed by atoms with Gasteiger partial charge in [-0.25, -0.2) is 4.98 Å². The van der Waals surface area contributed by atoms with Crippen molar-refractivity contribution >= 4 is 26.7 Å². The molecule has 2 aliphatic heterocycles. The minimum absolute atomic E-state index is 0.443. The van der Waals surface area contributed by atoms with Gasteiger partial charge in [0.2, 0.25) is 11.8 Å². The third-order valence-corrected chi connectivity index (χ3v) is 6.82. The van der Waals surface area contributed by atoms with Crippen molar-refractivity contribution < 1.29 is 9.47 Å². The van der Waals surface area contributed by atoms with Crippen molar-refractivity contribution in [3.05, 3.63) is 30.3 Å². The minimum atomic E-state index is 0.443. The van der Waals surface area contributed by atoms with Gasteiger partial charge in [-0.05, 0) is 44.5 Å². The summed E-state index contributed by atoms with van der Waals surface area (Å²) in [6, 6.07) is 10.1. The highest BCUT2D eigenvalue weighted by atomic mass is 32.1. The number of methoxy groups -OCH3 is 1. The smallest absolute Gasteiger partial charge is 0.239 e. The molecule has 152 valence electrons. The van der Waals surface area contributed by atoms with Crippen LogP contribution in [0, 0.1) is 0 Å². The van der Waals surface area contributed by atoms with Gasteiger partial charge in [-0.15, -0.1) is 10.2 Å². The molecular formula is C21H25N5O2S. The van der Waals surface area contributed by atoms with E-state index in [1.807, 2.05) is 18.2 Å². The lowest BCUT2D eigenvalue weighted by Gasteiger charge is -2.32. The predicted molar refractivity (Wildman–Crippen MR) is 114 cm³/mol. The van der Waals surface area contributed by atoms with E-state index in [0.717, 1.165) is 34.2 Å². The maximum absolute atomic E-state index is 5.85. The normalized spacial score (nSPS) is 20.3. The fourth-order valence-electron chi connectivity index (χ4n) is 4.18. The van der Waals surface area contributed by atoms with E-state index in [1.165, 1.54) is 38.8 Å². The zero-order chi connectivity index (χ0) is 19.6. The van der Waals surface area contributed by atoms with Gasteiger partial charge in [0, 0.05) is 37.3 Å². The van der Waals surface area contributed by atoms with E-state index in [4.69, 9.17) is 14.5 Å². The fourth-order valence-corrected chi connectivity index (χ4v) is 5.21. The van der Waals surface area contributed by atoms with E-state index in [2.05, 4.69) is 20.0 Å². The highest BCUT2D eigenvalue weighted by molar-refractivity contribution is 7.22. The molecule has 2 aliphatic rings. The Morgan fingerprint density at radius 3 is 2.62 bits per heavy atom. The number of fused-ring (bicyclic) bond motifs is 1. The molecule has 4 heterocycles. The topological polar surface area (TPSA) is 63.6 Å². The quantitative estimate of drug-likeness (QED) is 0.630. The number of piperidine rings is 1. The fraction of sp³-hybridized carbons (Fsp3) is 0.476. The lowest BCUT2D eigenvalue weighted by molar-refractivity contribution is 0.175. The van der Waals surface area contributed by atoms with Crippen LogP contribution in [0.5, 0.6) is 17.5 Å². The first-order valence-electron chi connectivity index (χ1n) is 10.2. The molecule has 0 spiro atoms. The molecule has 29 heavy (non-hydrogen) atoms. The molecule has 5 rings (SSSR count). The van der Waals surface area contributed by atoms with Crippen molar-refractivity contribution in [1.82, 2.24) is 20.1 Å². The average Bonchev–Trinajstić information content (AvgIpc) is 3.42. The van der Waals surface area contributed by atoms with E-state index < -0.39 is 0 Å². The molecule has 2 fully saturated rings. The molecule has 0 amide bonds. The van der Waals surface area contributed by atoms with Crippen molar-refractivity contribution in [3.8, 4) is 17.5 Å². The van der Waals surface area contributed by atoms with E-state index in [-0.39, 0.29) is 0 Å². The number of rotatable bonds is 5. The van der Waals surface area contributed by atoms with Crippen molar-refractivity contribution in [2.45, 2.75) is 31.7 Å². The standard InChI is InChI=1S/C21H25N5O2S/c1-27-19-7-8-20(24-23-19)28-16-5-6-17-18(13-16)29-21(22-17)26-12-9-15(14-26)25-10-3-2-4-11-25/h5-8,13,15H,2-4,9-12,14H2,1H3/t15-/m1/s1. The summed E-state index contributed by atoms with van der Waals surface area (Å²) in [5.74, 6) is 1.65. The summed E-state index contributed by atoms with van der Waals surface area (Å²) in [4.78, 5) is 9.99. The Morgan fingerprint density at radius 1 is 1.00 bits per heavy atom. The van der Waals surface area contributed by atoms with Gasteiger partial charge in [-0.1, -0.05) is 17.8 Å². The van der Waals surface area contributed by atoms with Crippen LogP contribution in [0.4, 0.5) is 5.13 Å². The number of thiazole rings is 1. The number of hydrogen-bond donors (Lipinski definition) is 0. The van der Waals surface area contributed by atoms with Crippen LogP contribution in [-0.2, 0) is 0 Å². The molecule has 0 unspecified atom stereocenters. The van der Waals surface area contributed by atoms with Crippen LogP contribution >= 0.6 is 11.3 Å². The molecule has 8 heteroatoms. The van der Waals surface area contributed by atoms with Crippen LogP contribution in [-0.4, -0.2) is 59.4 Å². The van der Waals surface area contributed by atoms with E-state index >= 15 is 0 Å². The molecule has 2 aromatic heterocycles. The third kappa shape index (κ3) is 4.00. The number of ether oxygens (including phenoxy) is 2. The number of aromatic nitrogens is 3. The average molecular weight is 412 g/mol. The Morgan fingerprint density at radius 2 is 1.83 bits per heavy atom. The second-order valence-corrected chi connectivity index (χ2v) is 8.64. The first-order valence-corrected chi connectivity index (χ1v) is 11.1. The second kappa shape index (κ2) is 8.12. The molecule has 0 saturated carbocycles. The van der Waals surface area contributed by atoms with Crippen LogP contribution in [0.3, 0.4) is 0 Å². The lowest BCUT2D eigenvalue weighted by atomic mass is 10.1. The van der Waals surface area contributed by atoms with Gasteiger partial charge in [0.25, 0.3) is 0 Å². The summed E-state index contributed by atoms with van der Waals surface area (Å²) in [6.45, 7) is 4.69. The van der Waals surface area contributed by atoms with Crippen molar-refractivity contribution in [3.63, 3.8) is 0 Å². The number of likely N-dealkylation sites (tertiary alicyclic amines) is 1. The summed E-state index contributed by atoms with van der Waals surface area (Å²) >= 11 is 1.73. The molecule has 1 aromatic carbocycles. The Kier molecular flexibility index (Phi) is 5.20. The number of benzene rings is 1. The van der Waals surface area contributed by atoms with Crippen molar-refractivity contribution in [2.75, 3.05) is 38.2 Å². The number of nitrogens with zero attached hydrogens (tertiary/aromatic N) is 5.